The molecule has 176 valence electrons. The van der Waals surface area contributed by atoms with E-state index in [-0.39, 0.29) is 24.0 Å². The average Bonchev–Trinajstić information content (AvgIpc) is 2.82. The first kappa shape index (κ1) is 26.0. The van der Waals surface area contributed by atoms with Crippen LogP contribution >= 0.6 is 24.0 Å². The third-order valence-electron chi connectivity index (χ3n) is 5.36. The summed E-state index contributed by atoms with van der Waals surface area (Å²) in [5, 5.41) is 6.63. The van der Waals surface area contributed by atoms with E-state index in [9.17, 15) is 0 Å². The van der Waals surface area contributed by atoms with E-state index in [0.29, 0.717) is 24.0 Å². The van der Waals surface area contributed by atoms with E-state index in [4.69, 9.17) is 14.5 Å². The molecule has 1 fully saturated rings. The molecule has 0 saturated carbocycles. The van der Waals surface area contributed by atoms with Crippen molar-refractivity contribution in [2.24, 2.45) is 4.99 Å². The van der Waals surface area contributed by atoms with Crippen molar-refractivity contribution in [1.29, 1.82) is 0 Å². The largest absolute Gasteiger partial charge is 0.493 e. The lowest BCUT2D eigenvalue weighted by molar-refractivity contribution is 0.270. The summed E-state index contributed by atoms with van der Waals surface area (Å²) in [4.78, 5) is 14.2. The van der Waals surface area contributed by atoms with Crippen LogP contribution in [0.3, 0.4) is 0 Å². The van der Waals surface area contributed by atoms with Gasteiger partial charge in [0.25, 0.3) is 0 Å². The molecule has 0 amide bonds. The highest BCUT2D eigenvalue weighted by Crippen LogP contribution is 2.29. The van der Waals surface area contributed by atoms with E-state index in [0.717, 1.165) is 56.3 Å². The molecule has 32 heavy (non-hydrogen) atoms. The molecule has 0 atom stereocenters. The molecule has 9 heteroatoms. The SMILES string of the molecule is CCNC(=NCc1ccnc(N2CCN(CC)CC2)c1)Nc1ccc(OC)c(OC)c1.I. The monoisotopic (exact) mass is 554 g/mol. The summed E-state index contributed by atoms with van der Waals surface area (Å²) in [6, 6.07) is 9.87. The van der Waals surface area contributed by atoms with Crippen molar-refractivity contribution in [3.05, 3.63) is 42.1 Å². The van der Waals surface area contributed by atoms with Gasteiger partial charge in [0.1, 0.15) is 5.82 Å². The van der Waals surface area contributed by atoms with E-state index in [1.807, 2.05) is 37.4 Å². The van der Waals surface area contributed by atoms with Crippen molar-refractivity contribution in [3.8, 4) is 11.5 Å². The summed E-state index contributed by atoms with van der Waals surface area (Å²) < 4.78 is 10.7. The van der Waals surface area contributed by atoms with Crippen molar-refractivity contribution < 1.29 is 9.47 Å². The third kappa shape index (κ3) is 7.13. The quantitative estimate of drug-likeness (QED) is 0.294. The van der Waals surface area contributed by atoms with E-state index in [1.54, 1.807) is 14.2 Å². The van der Waals surface area contributed by atoms with Crippen LogP contribution in [-0.2, 0) is 6.54 Å². The number of pyridine rings is 1. The van der Waals surface area contributed by atoms with Crippen LogP contribution in [0, 0.1) is 0 Å². The molecule has 1 aromatic carbocycles. The lowest BCUT2D eigenvalue weighted by atomic mass is 10.2. The van der Waals surface area contributed by atoms with Crippen LogP contribution in [0.5, 0.6) is 11.5 Å². The number of likely N-dealkylation sites (N-methyl/N-ethyl adjacent to an activating group) is 1. The Morgan fingerprint density at radius 2 is 1.78 bits per heavy atom. The van der Waals surface area contributed by atoms with Crippen LogP contribution in [0.2, 0.25) is 0 Å². The Morgan fingerprint density at radius 1 is 1.03 bits per heavy atom. The van der Waals surface area contributed by atoms with Gasteiger partial charge in [0.15, 0.2) is 17.5 Å². The number of aliphatic imine (C=N–C) groups is 1. The van der Waals surface area contributed by atoms with Crippen LogP contribution in [0.15, 0.2) is 41.5 Å². The van der Waals surface area contributed by atoms with Gasteiger partial charge in [-0.05, 0) is 43.3 Å². The van der Waals surface area contributed by atoms with Gasteiger partial charge in [0.05, 0.1) is 20.8 Å². The second-order valence-electron chi connectivity index (χ2n) is 7.33. The van der Waals surface area contributed by atoms with Gasteiger partial charge in [-0.3, -0.25) is 0 Å². The molecule has 0 aliphatic carbocycles. The highest BCUT2D eigenvalue weighted by atomic mass is 127. The Kier molecular flexibility index (Phi) is 10.8. The minimum Gasteiger partial charge on any atom is -0.493 e. The molecular formula is C23H35IN6O2. The maximum Gasteiger partial charge on any atom is 0.196 e. The van der Waals surface area contributed by atoms with Crippen molar-refractivity contribution in [1.82, 2.24) is 15.2 Å². The second kappa shape index (κ2) is 13.3. The number of methoxy groups -OCH3 is 2. The van der Waals surface area contributed by atoms with Gasteiger partial charge in [-0.2, -0.15) is 0 Å². The number of ether oxygens (including phenoxy) is 2. The number of halogens is 1. The number of hydrogen-bond donors (Lipinski definition) is 2. The number of benzene rings is 1. The number of rotatable bonds is 8. The minimum atomic E-state index is 0. The molecule has 2 heterocycles. The Balaban J connectivity index is 0.00000363. The molecule has 0 bridgehead atoms. The first-order valence-electron chi connectivity index (χ1n) is 10.9. The fourth-order valence-electron chi connectivity index (χ4n) is 3.55. The molecule has 2 aromatic rings. The summed E-state index contributed by atoms with van der Waals surface area (Å²) in [7, 11) is 3.26. The predicted molar refractivity (Wildman–Crippen MR) is 142 cm³/mol. The van der Waals surface area contributed by atoms with Crippen LogP contribution < -0.4 is 25.0 Å². The number of nitrogens with zero attached hydrogens (tertiary/aromatic N) is 4. The molecule has 1 aromatic heterocycles. The van der Waals surface area contributed by atoms with Crippen molar-refractivity contribution in [2.75, 3.05) is 63.7 Å². The summed E-state index contributed by atoms with van der Waals surface area (Å²) in [6.45, 7) is 10.9. The van der Waals surface area contributed by atoms with E-state index in [2.05, 4.69) is 38.4 Å². The molecule has 1 aliphatic heterocycles. The zero-order chi connectivity index (χ0) is 22.1. The molecule has 3 rings (SSSR count). The summed E-state index contributed by atoms with van der Waals surface area (Å²) in [5.41, 5.74) is 2.01. The Morgan fingerprint density at radius 3 is 2.44 bits per heavy atom. The Labute approximate surface area is 208 Å². The van der Waals surface area contributed by atoms with Crippen LogP contribution in [0.1, 0.15) is 19.4 Å². The number of aromatic nitrogens is 1. The van der Waals surface area contributed by atoms with Gasteiger partial charge in [-0.15, -0.1) is 24.0 Å². The molecule has 1 aliphatic rings. The zero-order valence-corrected chi connectivity index (χ0v) is 21.8. The van der Waals surface area contributed by atoms with E-state index < -0.39 is 0 Å². The zero-order valence-electron chi connectivity index (χ0n) is 19.4. The van der Waals surface area contributed by atoms with Gasteiger partial charge >= 0.3 is 0 Å². The number of piperazine rings is 1. The van der Waals surface area contributed by atoms with Crippen molar-refractivity contribution >= 4 is 41.4 Å². The fourth-order valence-corrected chi connectivity index (χ4v) is 3.55. The predicted octanol–water partition coefficient (Wildman–Crippen LogP) is 3.44. The van der Waals surface area contributed by atoms with Crippen molar-refractivity contribution in [3.63, 3.8) is 0 Å². The summed E-state index contributed by atoms with van der Waals surface area (Å²) >= 11 is 0. The normalized spacial score (nSPS) is 14.5. The first-order valence-corrected chi connectivity index (χ1v) is 10.9. The number of anilines is 2. The second-order valence-corrected chi connectivity index (χ2v) is 7.33. The minimum absolute atomic E-state index is 0. The van der Waals surface area contributed by atoms with E-state index in [1.165, 1.54) is 0 Å². The fraction of sp³-hybridized carbons (Fsp3) is 0.478. The maximum absolute atomic E-state index is 5.39. The van der Waals surface area contributed by atoms with Gasteiger partial charge in [0, 0.05) is 50.7 Å². The lowest BCUT2D eigenvalue weighted by Crippen LogP contribution is -2.46. The number of guanidine groups is 1. The molecular weight excluding hydrogens is 519 g/mol. The summed E-state index contributed by atoms with van der Waals surface area (Å²) in [6.07, 6.45) is 1.88. The van der Waals surface area contributed by atoms with Gasteiger partial charge in [-0.25, -0.2) is 9.98 Å². The average molecular weight is 554 g/mol. The van der Waals surface area contributed by atoms with Crippen LogP contribution in [-0.4, -0.2) is 69.3 Å². The molecule has 1 saturated heterocycles. The highest BCUT2D eigenvalue weighted by Gasteiger charge is 2.16. The van der Waals surface area contributed by atoms with Gasteiger partial charge in [0.2, 0.25) is 0 Å². The molecule has 0 radical (unpaired) electrons. The van der Waals surface area contributed by atoms with Crippen LogP contribution in [0.25, 0.3) is 0 Å². The molecule has 8 nitrogen and oxygen atoms in total. The molecule has 2 N–H and O–H groups in total. The topological polar surface area (TPSA) is 74.3 Å². The van der Waals surface area contributed by atoms with Crippen LogP contribution in [0.4, 0.5) is 11.5 Å². The Hall–Kier alpha value is -2.27. The smallest absolute Gasteiger partial charge is 0.196 e. The highest BCUT2D eigenvalue weighted by molar-refractivity contribution is 14.0. The Bertz CT molecular complexity index is 871. The lowest BCUT2D eigenvalue weighted by Gasteiger charge is -2.34. The molecule has 0 unspecified atom stereocenters. The summed E-state index contributed by atoms with van der Waals surface area (Å²) in [5.74, 6) is 3.11. The number of nitrogens with one attached hydrogen (secondary N) is 2. The molecule has 0 spiro atoms. The van der Waals surface area contributed by atoms with Gasteiger partial charge in [-0.1, -0.05) is 6.92 Å². The third-order valence-corrected chi connectivity index (χ3v) is 5.36. The standard InChI is InChI=1S/C23H34N6O2.HI/c1-5-24-23(27-19-7-8-20(30-3)21(16-19)31-4)26-17-18-9-10-25-22(15-18)29-13-11-28(6-2)12-14-29;/h7-10,15-16H,5-6,11-14,17H2,1-4H3,(H2,24,26,27);1H. The first-order chi connectivity index (χ1) is 15.2. The number of hydrogen-bond acceptors (Lipinski definition) is 6. The van der Waals surface area contributed by atoms with Gasteiger partial charge < -0.3 is 29.9 Å². The maximum atomic E-state index is 5.39. The van der Waals surface area contributed by atoms with Crippen molar-refractivity contribution in [2.45, 2.75) is 20.4 Å². The van der Waals surface area contributed by atoms with E-state index >= 15 is 0 Å².